The minimum Gasteiger partial charge on any atom is -0.497 e. The lowest BCUT2D eigenvalue weighted by atomic mass is 10.2. The summed E-state index contributed by atoms with van der Waals surface area (Å²) in [6, 6.07) is 17.1. The van der Waals surface area contributed by atoms with Gasteiger partial charge in [0.2, 0.25) is 0 Å². The lowest BCUT2D eigenvalue weighted by Crippen LogP contribution is -2.02. The standard InChI is InChI=1S/C23H20N6O3/c1-28-19-12-15(7-10-17(19)20(26-28)23(30)31)25-22-21-18(4-3-11-24-21)29(27-22)13-14-5-8-16(32-2)9-6-14/h3-12H,13H2,1-2H3,(H,25,27)(H,30,31). The number of aryl methyl sites for hydroxylation is 1. The normalized spacial score (nSPS) is 11.2. The number of ether oxygens (including phenoxy) is 1. The predicted molar refractivity (Wildman–Crippen MR) is 121 cm³/mol. The largest absolute Gasteiger partial charge is 0.497 e. The quantitative estimate of drug-likeness (QED) is 0.423. The van der Waals surface area contributed by atoms with Crippen molar-refractivity contribution in [2.75, 3.05) is 12.4 Å². The van der Waals surface area contributed by atoms with Crippen molar-refractivity contribution in [2.45, 2.75) is 6.54 Å². The highest BCUT2D eigenvalue weighted by Gasteiger charge is 2.17. The van der Waals surface area contributed by atoms with Crippen LogP contribution < -0.4 is 10.1 Å². The van der Waals surface area contributed by atoms with Crippen molar-refractivity contribution in [1.82, 2.24) is 24.5 Å². The number of hydrogen-bond acceptors (Lipinski definition) is 6. The molecular weight excluding hydrogens is 408 g/mol. The number of nitrogens with zero attached hydrogens (tertiary/aromatic N) is 5. The Morgan fingerprint density at radius 2 is 1.91 bits per heavy atom. The number of aromatic carboxylic acids is 1. The first-order valence-electron chi connectivity index (χ1n) is 9.95. The van der Waals surface area contributed by atoms with Gasteiger partial charge in [0.05, 0.1) is 24.7 Å². The molecule has 160 valence electrons. The van der Waals surface area contributed by atoms with Crippen molar-refractivity contribution in [3.8, 4) is 5.75 Å². The van der Waals surface area contributed by atoms with Gasteiger partial charge >= 0.3 is 5.97 Å². The van der Waals surface area contributed by atoms with Crippen LogP contribution in [-0.2, 0) is 13.6 Å². The van der Waals surface area contributed by atoms with E-state index in [-0.39, 0.29) is 5.69 Å². The Balaban J connectivity index is 1.50. The molecule has 0 saturated carbocycles. The van der Waals surface area contributed by atoms with Crippen molar-refractivity contribution in [2.24, 2.45) is 7.05 Å². The molecule has 2 N–H and O–H groups in total. The summed E-state index contributed by atoms with van der Waals surface area (Å²) in [6.07, 6.45) is 1.73. The van der Waals surface area contributed by atoms with Crippen molar-refractivity contribution in [3.05, 3.63) is 72.1 Å². The van der Waals surface area contributed by atoms with Gasteiger partial charge in [-0.25, -0.2) is 4.79 Å². The van der Waals surface area contributed by atoms with Gasteiger partial charge in [0, 0.05) is 24.3 Å². The van der Waals surface area contributed by atoms with Gasteiger partial charge in [-0.3, -0.25) is 14.3 Å². The summed E-state index contributed by atoms with van der Waals surface area (Å²) >= 11 is 0. The minimum atomic E-state index is -1.05. The van der Waals surface area contributed by atoms with E-state index in [1.54, 1.807) is 31.1 Å². The Hall–Kier alpha value is -4.40. The molecule has 0 spiro atoms. The zero-order valence-electron chi connectivity index (χ0n) is 17.5. The molecule has 2 aromatic carbocycles. The van der Waals surface area contributed by atoms with Crippen LogP contribution in [0.4, 0.5) is 11.5 Å². The van der Waals surface area contributed by atoms with Crippen LogP contribution in [0.5, 0.6) is 5.75 Å². The molecule has 0 radical (unpaired) electrons. The maximum Gasteiger partial charge on any atom is 0.357 e. The summed E-state index contributed by atoms with van der Waals surface area (Å²) in [5.41, 5.74) is 4.24. The van der Waals surface area contributed by atoms with Crippen LogP contribution in [-0.4, -0.2) is 42.7 Å². The first kappa shape index (κ1) is 19.6. The third kappa shape index (κ3) is 3.39. The number of pyridine rings is 1. The van der Waals surface area contributed by atoms with Crippen LogP contribution in [0.15, 0.2) is 60.8 Å². The van der Waals surface area contributed by atoms with Gasteiger partial charge in [-0.1, -0.05) is 12.1 Å². The lowest BCUT2D eigenvalue weighted by Gasteiger charge is -2.05. The summed E-state index contributed by atoms with van der Waals surface area (Å²) in [7, 11) is 3.37. The second-order valence-electron chi connectivity index (χ2n) is 7.36. The van der Waals surface area contributed by atoms with E-state index in [1.807, 2.05) is 53.2 Å². The molecule has 0 unspecified atom stereocenters. The fourth-order valence-electron chi connectivity index (χ4n) is 3.75. The first-order chi connectivity index (χ1) is 15.5. The monoisotopic (exact) mass is 428 g/mol. The molecule has 3 heterocycles. The van der Waals surface area contributed by atoms with Crippen molar-refractivity contribution in [3.63, 3.8) is 0 Å². The van der Waals surface area contributed by atoms with Crippen molar-refractivity contribution >= 4 is 39.4 Å². The van der Waals surface area contributed by atoms with Crippen LogP contribution in [0.25, 0.3) is 21.9 Å². The molecule has 5 rings (SSSR count). The van der Waals surface area contributed by atoms with Crippen molar-refractivity contribution in [1.29, 1.82) is 0 Å². The SMILES string of the molecule is COc1ccc(Cn2nc(Nc3ccc4c(C(=O)O)nn(C)c4c3)c3ncccc32)cc1. The van der Waals surface area contributed by atoms with Gasteiger partial charge in [0.1, 0.15) is 11.3 Å². The molecule has 0 atom stereocenters. The Bertz CT molecular complexity index is 1450. The number of hydrogen-bond donors (Lipinski definition) is 2. The summed E-state index contributed by atoms with van der Waals surface area (Å²) < 4.78 is 8.69. The molecule has 32 heavy (non-hydrogen) atoms. The Morgan fingerprint density at radius 3 is 2.66 bits per heavy atom. The fraction of sp³-hybridized carbons (Fsp3) is 0.130. The molecular formula is C23H20N6O3. The predicted octanol–water partition coefficient (Wildman–Crippen LogP) is 3.82. The second-order valence-corrected chi connectivity index (χ2v) is 7.36. The summed E-state index contributed by atoms with van der Waals surface area (Å²) in [4.78, 5) is 15.9. The van der Waals surface area contributed by atoms with Crippen LogP contribution in [0.1, 0.15) is 16.1 Å². The van der Waals surface area contributed by atoms with Gasteiger partial charge < -0.3 is 15.2 Å². The Morgan fingerprint density at radius 1 is 1.09 bits per heavy atom. The Labute approximate surface area is 182 Å². The number of anilines is 2. The lowest BCUT2D eigenvalue weighted by molar-refractivity contribution is 0.0691. The van der Waals surface area contributed by atoms with Gasteiger partial charge in [0.15, 0.2) is 11.5 Å². The van der Waals surface area contributed by atoms with E-state index in [1.165, 1.54) is 0 Å². The summed E-state index contributed by atoms with van der Waals surface area (Å²) in [5, 5.41) is 22.1. The zero-order valence-corrected chi connectivity index (χ0v) is 17.5. The number of carboxylic acid groups (broad SMARTS) is 1. The fourth-order valence-corrected chi connectivity index (χ4v) is 3.75. The Kier molecular flexibility index (Phi) is 4.70. The summed E-state index contributed by atoms with van der Waals surface area (Å²) in [6.45, 7) is 0.580. The smallest absolute Gasteiger partial charge is 0.357 e. The molecule has 0 aliphatic carbocycles. The number of benzene rings is 2. The van der Waals surface area contributed by atoms with Crippen LogP contribution in [0.2, 0.25) is 0 Å². The number of rotatable bonds is 6. The van der Waals surface area contributed by atoms with Gasteiger partial charge in [-0.05, 0) is 48.0 Å². The highest BCUT2D eigenvalue weighted by molar-refractivity contribution is 6.02. The van der Waals surface area contributed by atoms with Gasteiger partial charge in [-0.15, -0.1) is 0 Å². The molecule has 0 bridgehead atoms. The molecule has 0 saturated heterocycles. The molecule has 9 nitrogen and oxygen atoms in total. The average Bonchev–Trinajstić information content (AvgIpc) is 3.32. The number of carbonyl (C=O) groups is 1. The molecule has 3 aromatic heterocycles. The third-order valence-corrected chi connectivity index (χ3v) is 5.32. The molecule has 5 aromatic rings. The van der Waals surface area contributed by atoms with E-state index in [0.717, 1.165) is 28.0 Å². The van der Waals surface area contributed by atoms with E-state index in [9.17, 15) is 9.90 Å². The van der Waals surface area contributed by atoms with E-state index in [2.05, 4.69) is 15.4 Å². The van der Waals surface area contributed by atoms with Gasteiger partial charge in [0.25, 0.3) is 0 Å². The molecule has 0 aliphatic heterocycles. The van der Waals surface area contributed by atoms with E-state index < -0.39 is 5.97 Å². The highest BCUT2D eigenvalue weighted by atomic mass is 16.5. The number of aromatic nitrogens is 5. The number of carboxylic acids is 1. The molecule has 0 aliphatic rings. The minimum absolute atomic E-state index is 0.0323. The van der Waals surface area contributed by atoms with Gasteiger partial charge in [-0.2, -0.15) is 10.2 Å². The topological polar surface area (TPSA) is 107 Å². The van der Waals surface area contributed by atoms with Crippen LogP contribution >= 0.6 is 0 Å². The first-order valence-corrected chi connectivity index (χ1v) is 9.95. The molecule has 0 amide bonds. The maximum atomic E-state index is 11.4. The second kappa shape index (κ2) is 7.69. The summed E-state index contributed by atoms with van der Waals surface area (Å²) in [5.74, 6) is 0.373. The van der Waals surface area contributed by atoms with E-state index in [4.69, 9.17) is 9.84 Å². The van der Waals surface area contributed by atoms with Crippen molar-refractivity contribution < 1.29 is 14.6 Å². The number of methoxy groups -OCH3 is 1. The molecule has 0 fully saturated rings. The third-order valence-electron chi connectivity index (χ3n) is 5.32. The molecule has 9 heteroatoms. The maximum absolute atomic E-state index is 11.4. The zero-order chi connectivity index (χ0) is 22.2. The van der Waals surface area contributed by atoms with Crippen LogP contribution in [0, 0.1) is 0 Å². The van der Waals surface area contributed by atoms with Crippen LogP contribution in [0.3, 0.4) is 0 Å². The van der Waals surface area contributed by atoms with E-state index in [0.29, 0.717) is 23.3 Å². The highest BCUT2D eigenvalue weighted by Crippen LogP contribution is 2.28. The number of fused-ring (bicyclic) bond motifs is 2. The average molecular weight is 428 g/mol. The number of nitrogens with one attached hydrogen (secondary N) is 1. The van der Waals surface area contributed by atoms with E-state index >= 15 is 0 Å².